The second-order valence-electron chi connectivity index (χ2n) is 7.68. The predicted octanol–water partition coefficient (Wildman–Crippen LogP) is 3.72. The van der Waals surface area contributed by atoms with Gasteiger partial charge in [-0.25, -0.2) is 9.97 Å². The number of benzene rings is 2. The molecule has 2 unspecified atom stereocenters. The zero-order valence-corrected chi connectivity index (χ0v) is 17.3. The van der Waals surface area contributed by atoms with Gasteiger partial charge in [0, 0.05) is 36.0 Å². The second-order valence-corrected chi connectivity index (χ2v) is 7.68. The van der Waals surface area contributed by atoms with Crippen LogP contribution in [0.3, 0.4) is 0 Å². The highest BCUT2D eigenvalue weighted by Gasteiger charge is 2.44. The normalized spacial score (nSPS) is 20.7. The Kier molecular flexibility index (Phi) is 5.28. The molecule has 1 aliphatic heterocycles. The molecule has 7 heteroatoms. The Labute approximate surface area is 180 Å². The van der Waals surface area contributed by atoms with Crippen molar-refractivity contribution in [3.8, 4) is 11.4 Å². The van der Waals surface area contributed by atoms with Gasteiger partial charge in [0.15, 0.2) is 0 Å². The van der Waals surface area contributed by atoms with E-state index in [1.54, 1.807) is 25.0 Å². The maximum atomic E-state index is 6.44. The monoisotopic (exact) mass is 416 g/mol. The summed E-state index contributed by atoms with van der Waals surface area (Å²) in [6.07, 6.45) is 10.7. The lowest BCUT2D eigenvalue weighted by Crippen LogP contribution is -2.34. The van der Waals surface area contributed by atoms with Crippen LogP contribution in [0.15, 0.2) is 86.0 Å². The molecule has 1 fully saturated rings. The fourth-order valence-corrected chi connectivity index (χ4v) is 3.72. The van der Waals surface area contributed by atoms with Crippen LogP contribution in [0, 0.1) is 6.92 Å². The van der Waals surface area contributed by atoms with Crippen LogP contribution < -0.4 is 4.74 Å². The molecule has 31 heavy (non-hydrogen) atoms. The van der Waals surface area contributed by atoms with E-state index >= 15 is 0 Å². The lowest BCUT2D eigenvalue weighted by Gasteiger charge is -2.29. The number of hydrogen-bond donors (Lipinski definition) is 0. The third-order valence-corrected chi connectivity index (χ3v) is 5.38. The zero-order chi connectivity index (χ0) is 21.1. The summed E-state index contributed by atoms with van der Waals surface area (Å²) >= 11 is 0. The third kappa shape index (κ3) is 4.23. The van der Waals surface area contributed by atoms with E-state index < -0.39 is 5.79 Å². The first kappa shape index (κ1) is 19.5. The SMILES string of the molecule is Cc1ccc(C2(Cn3ccnc3)OCC(COc3ccc(-n4ccnc4)cc3)O2)cc1. The summed E-state index contributed by atoms with van der Waals surface area (Å²) in [7, 11) is 0. The number of aryl methyl sites for hydroxylation is 1. The summed E-state index contributed by atoms with van der Waals surface area (Å²) < 4.78 is 22.6. The number of rotatable bonds is 7. The van der Waals surface area contributed by atoms with Crippen molar-refractivity contribution in [1.29, 1.82) is 0 Å². The minimum Gasteiger partial charge on any atom is -0.491 e. The van der Waals surface area contributed by atoms with Gasteiger partial charge in [0.25, 0.3) is 0 Å². The minimum absolute atomic E-state index is 0.182. The van der Waals surface area contributed by atoms with E-state index in [0.717, 1.165) is 17.0 Å². The summed E-state index contributed by atoms with van der Waals surface area (Å²) in [6.45, 7) is 3.45. The van der Waals surface area contributed by atoms with Gasteiger partial charge in [0.05, 0.1) is 25.8 Å². The summed E-state index contributed by atoms with van der Waals surface area (Å²) in [4.78, 5) is 8.22. The van der Waals surface area contributed by atoms with Crippen molar-refractivity contribution < 1.29 is 14.2 Å². The van der Waals surface area contributed by atoms with Crippen LogP contribution in [0.5, 0.6) is 5.75 Å². The number of nitrogens with zero attached hydrogens (tertiary/aromatic N) is 4. The van der Waals surface area contributed by atoms with Crippen molar-refractivity contribution >= 4 is 0 Å². The molecule has 0 aliphatic carbocycles. The van der Waals surface area contributed by atoms with Gasteiger partial charge in [-0.05, 0) is 31.2 Å². The van der Waals surface area contributed by atoms with E-state index in [1.165, 1.54) is 5.56 Å². The predicted molar refractivity (Wildman–Crippen MR) is 115 cm³/mol. The van der Waals surface area contributed by atoms with E-state index in [0.29, 0.717) is 19.8 Å². The molecule has 1 saturated heterocycles. The van der Waals surface area contributed by atoms with Crippen LogP contribution in [0.4, 0.5) is 0 Å². The average molecular weight is 416 g/mol. The Morgan fingerprint density at radius 1 is 1.00 bits per heavy atom. The van der Waals surface area contributed by atoms with Crippen molar-refractivity contribution in [3.05, 3.63) is 97.1 Å². The molecular formula is C24H24N4O3. The Balaban J connectivity index is 1.27. The molecule has 0 saturated carbocycles. The van der Waals surface area contributed by atoms with Gasteiger partial charge in [-0.3, -0.25) is 0 Å². The van der Waals surface area contributed by atoms with E-state index in [4.69, 9.17) is 14.2 Å². The van der Waals surface area contributed by atoms with Gasteiger partial charge < -0.3 is 23.3 Å². The highest BCUT2D eigenvalue weighted by Crippen LogP contribution is 2.36. The molecule has 0 bridgehead atoms. The molecule has 2 aromatic heterocycles. The van der Waals surface area contributed by atoms with Crippen molar-refractivity contribution in [1.82, 2.24) is 19.1 Å². The van der Waals surface area contributed by atoms with Gasteiger partial charge >= 0.3 is 0 Å². The van der Waals surface area contributed by atoms with Crippen LogP contribution in [-0.4, -0.2) is 38.4 Å². The molecule has 1 aliphatic rings. The van der Waals surface area contributed by atoms with Crippen LogP contribution >= 0.6 is 0 Å². The van der Waals surface area contributed by atoms with E-state index in [9.17, 15) is 0 Å². The smallest absolute Gasteiger partial charge is 0.214 e. The molecule has 2 atom stereocenters. The fourth-order valence-electron chi connectivity index (χ4n) is 3.72. The Hall–Kier alpha value is -3.42. The van der Waals surface area contributed by atoms with Gasteiger partial charge in [-0.2, -0.15) is 0 Å². The summed E-state index contributed by atoms with van der Waals surface area (Å²) in [6, 6.07) is 16.2. The van der Waals surface area contributed by atoms with Gasteiger partial charge in [-0.15, -0.1) is 0 Å². The molecular weight excluding hydrogens is 392 g/mol. The standard InChI is InChI=1S/C24H24N4O3/c1-19-2-4-20(5-3-19)24(16-27-12-10-25-17-27)30-15-23(31-24)14-29-22-8-6-21(7-9-22)28-13-11-26-18-28/h2-13,17-18,23H,14-16H2,1H3. The summed E-state index contributed by atoms with van der Waals surface area (Å²) in [5.74, 6) is -0.0804. The number of hydrogen-bond acceptors (Lipinski definition) is 5. The Morgan fingerprint density at radius 3 is 2.48 bits per heavy atom. The lowest BCUT2D eigenvalue weighted by atomic mass is 10.0. The first-order chi connectivity index (χ1) is 15.2. The molecule has 0 amide bonds. The molecule has 4 aromatic rings. The topological polar surface area (TPSA) is 63.3 Å². The average Bonchev–Trinajstić information content (AvgIpc) is 3.57. The molecule has 7 nitrogen and oxygen atoms in total. The summed E-state index contributed by atoms with van der Waals surface area (Å²) in [5.41, 5.74) is 3.21. The van der Waals surface area contributed by atoms with Crippen LogP contribution in [-0.2, 0) is 21.8 Å². The maximum absolute atomic E-state index is 6.44. The number of ether oxygens (including phenoxy) is 3. The molecule has 0 spiro atoms. The Bertz CT molecular complexity index is 1090. The van der Waals surface area contributed by atoms with Gasteiger partial charge in [0.2, 0.25) is 5.79 Å². The zero-order valence-electron chi connectivity index (χ0n) is 17.3. The van der Waals surface area contributed by atoms with Gasteiger partial charge in [0.1, 0.15) is 18.5 Å². The fraction of sp³-hybridized carbons (Fsp3) is 0.250. The highest BCUT2D eigenvalue weighted by atomic mass is 16.8. The maximum Gasteiger partial charge on any atom is 0.214 e. The first-order valence-electron chi connectivity index (χ1n) is 10.3. The van der Waals surface area contributed by atoms with E-state index in [2.05, 4.69) is 41.2 Å². The first-order valence-corrected chi connectivity index (χ1v) is 10.3. The molecule has 0 N–H and O–H groups in total. The summed E-state index contributed by atoms with van der Waals surface area (Å²) in [5, 5.41) is 0. The molecule has 158 valence electrons. The van der Waals surface area contributed by atoms with Crippen LogP contribution in [0.2, 0.25) is 0 Å². The van der Waals surface area contributed by atoms with Crippen molar-refractivity contribution in [3.63, 3.8) is 0 Å². The van der Waals surface area contributed by atoms with Crippen LogP contribution in [0.1, 0.15) is 11.1 Å². The third-order valence-electron chi connectivity index (χ3n) is 5.38. The van der Waals surface area contributed by atoms with Gasteiger partial charge in [-0.1, -0.05) is 29.8 Å². The van der Waals surface area contributed by atoms with Crippen molar-refractivity contribution in [2.75, 3.05) is 13.2 Å². The Morgan fingerprint density at radius 2 is 1.77 bits per heavy atom. The molecule has 2 aromatic carbocycles. The highest BCUT2D eigenvalue weighted by molar-refractivity contribution is 5.37. The van der Waals surface area contributed by atoms with Crippen LogP contribution in [0.25, 0.3) is 5.69 Å². The molecule has 0 radical (unpaired) electrons. The lowest BCUT2D eigenvalue weighted by molar-refractivity contribution is -0.189. The minimum atomic E-state index is -0.867. The van der Waals surface area contributed by atoms with E-state index in [-0.39, 0.29) is 6.10 Å². The number of imidazole rings is 2. The molecule has 5 rings (SSSR count). The van der Waals surface area contributed by atoms with Crippen molar-refractivity contribution in [2.24, 2.45) is 0 Å². The number of aromatic nitrogens is 4. The van der Waals surface area contributed by atoms with Crippen molar-refractivity contribution in [2.45, 2.75) is 25.4 Å². The largest absolute Gasteiger partial charge is 0.491 e. The quantitative estimate of drug-likeness (QED) is 0.459. The van der Waals surface area contributed by atoms with E-state index in [1.807, 2.05) is 45.8 Å². The second kappa shape index (κ2) is 8.37. The molecule has 3 heterocycles.